The predicted octanol–water partition coefficient (Wildman–Crippen LogP) is 3.93. The normalized spacial score (nSPS) is 26.5. The van der Waals surface area contributed by atoms with Gasteiger partial charge in [0.1, 0.15) is 5.78 Å². The zero-order valence-corrected chi connectivity index (χ0v) is 11.1. The summed E-state index contributed by atoms with van der Waals surface area (Å²) >= 11 is 0. The highest BCUT2D eigenvalue weighted by molar-refractivity contribution is 5.83. The van der Waals surface area contributed by atoms with Gasteiger partial charge in [0.15, 0.2) is 0 Å². The maximum Gasteiger partial charge on any atom is 0.136 e. The van der Waals surface area contributed by atoms with Crippen molar-refractivity contribution in [1.82, 2.24) is 0 Å². The summed E-state index contributed by atoms with van der Waals surface area (Å²) < 4.78 is 0. The minimum atomic E-state index is 0.165. The average Bonchev–Trinajstić information content (AvgIpc) is 2.96. The molecule has 0 unspecified atom stereocenters. The lowest BCUT2D eigenvalue weighted by atomic mass is 9.70. The molecule has 1 heteroatoms. The molecule has 2 aliphatic rings. The van der Waals surface area contributed by atoms with Gasteiger partial charge >= 0.3 is 0 Å². The Hall–Kier alpha value is -1.11. The van der Waals surface area contributed by atoms with E-state index in [0.29, 0.717) is 5.78 Å². The van der Waals surface area contributed by atoms with Crippen molar-refractivity contribution < 1.29 is 4.79 Å². The second-order valence-corrected chi connectivity index (χ2v) is 5.43. The second kappa shape index (κ2) is 5.90. The molecule has 1 nitrogen and oxygen atoms in total. The first-order valence-corrected chi connectivity index (χ1v) is 7.15. The largest absolute Gasteiger partial charge is 0.299 e. The lowest BCUT2D eigenvalue weighted by Gasteiger charge is -2.33. The van der Waals surface area contributed by atoms with E-state index >= 15 is 0 Å². The number of ketones is 1. The first-order valence-electron chi connectivity index (χ1n) is 7.15. The van der Waals surface area contributed by atoms with Crippen molar-refractivity contribution in [2.24, 2.45) is 5.92 Å². The van der Waals surface area contributed by atoms with Crippen LogP contribution < -0.4 is 0 Å². The van der Waals surface area contributed by atoms with E-state index in [2.05, 4.69) is 49.9 Å². The molecule has 19 heavy (non-hydrogen) atoms. The molecule has 0 N–H and O–H groups in total. The Labute approximate surface area is 116 Å². The van der Waals surface area contributed by atoms with Crippen molar-refractivity contribution in [1.29, 1.82) is 0 Å². The van der Waals surface area contributed by atoms with Crippen LogP contribution in [-0.4, -0.2) is 5.78 Å². The van der Waals surface area contributed by atoms with Gasteiger partial charge in [-0.2, -0.15) is 0 Å². The standard InChI is InChI=1S/C18H19O/c19-17-13-7-6-12-16(17)18(15-10-4-5-11-15)14-8-2-1-3-9-14/h1-5,8-11,16,18H,6-7,12-13H2/t16-,18+/m0/s1. The van der Waals surface area contributed by atoms with Gasteiger partial charge in [-0.25, -0.2) is 0 Å². The van der Waals surface area contributed by atoms with Crippen LogP contribution in [0.2, 0.25) is 0 Å². The van der Waals surface area contributed by atoms with Crippen molar-refractivity contribution in [2.75, 3.05) is 0 Å². The minimum Gasteiger partial charge on any atom is -0.299 e. The zero-order valence-electron chi connectivity index (χ0n) is 11.1. The van der Waals surface area contributed by atoms with Crippen LogP contribution in [0.15, 0.2) is 30.3 Å². The molecule has 2 atom stereocenters. The second-order valence-electron chi connectivity index (χ2n) is 5.43. The highest BCUT2D eigenvalue weighted by Crippen LogP contribution is 2.45. The Kier molecular flexibility index (Phi) is 4.00. The smallest absolute Gasteiger partial charge is 0.136 e. The molecule has 1 aromatic rings. The number of hydrogen-bond donors (Lipinski definition) is 0. The van der Waals surface area contributed by atoms with Gasteiger partial charge in [0.2, 0.25) is 0 Å². The molecule has 5 radical (unpaired) electrons. The van der Waals surface area contributed by atoms with Gasteiger partial charge in [-0.15, -0.1) is 0 Å². The summed E-state index contributed by atoms with van der Waals surface area (Å²) in [5, 5.41) is 0. The zero-order chi connectivity index (χ0) is 13.1. The number of rotatable bonds is 3. The van der Waals surface area contributed by atoms with Crippen molar-refractivity contribution in [3.63, 3.8) is 0 Å². The molecule has 0 aromatic heterocycles. The van der Waals surface area contributed by atoms with Crippen LogP contribution in [-0.2, 0) is 4.79 Å². The summed E-state index contributed by atoms with van der Waals surface area (Å²) in [7, 11) is 0. The monoisotopic (exact) mass is 251 g/mol. The summed E-state index contributed by atoms with van der Waals surface area (Å²) in [4.78, 5) is 12.3. The fourth-order valence-corrected chi connectivity index (χ4v) is 3.28. The van der Waals surface area contributed by atoms with Crippen molar-refractivity contribution in [2.45, 2.75) is 31.6 Å². The molecule has 97 valence electrons. The van der Waals surface area contributed by atoms with Crippen LogP contribution >= 0.6 is 0 Å². The molecule has 0 bridgehead atoms. The number of benzene rings is 1. The lowest BCUT2D eigenvalue weighted by molar-refractivity contribution is -0.125. The molecular formula is C18H19O. The summed E-state index contributed by atoms with van der Waals surface area (Å²) in [6.07, 6.45) is 12.5. The van der Waals surface area contributed by atoms with Gasteiger partial charge in [0, 0.05) is 18.3 Å². The molecule has 2 fully saturated rings. The molecular weight excluding hydrogens is 232 g/mol. The Balaban J connectivity index is 1.89. The van der Waals surface area contributed by atoms with E-state index in [4.69, 9.17) is 0 Å². The molecule has 0 spiro atoms. The van der Waals surface area contributed by atoms with Crippen molar-refractivity contribution in [3.05, 3.63) is 67.5 Å². The highest BCUT2D eigenvalue weighted by atomic mass is 16.1. The van der Waals surface area contributed by atoms with Gasteiger partial charge in [-0.05, 0) is 50.0 Å². The van der Waals surface area contributed by atoms with E-state index in [9.17, 15) is 4.79 Å². The van der Waals surface area contributed by atoms with Gasteiger partial charge < -0.3 is 0 Å². The van der Waals surface area contributed by atoms with E-state index in [-0.39, 0.29) is 11.8 Å². The Morgan fingerprint density at radius 3 is 2.42 bits per heavy atom. The SMILES string of the molecule is O=C1CCCC[C@@H]1[C@@H]([C]1[CH][CH][CH][CH]1)c1ccccc1. The van der Waals surface area contributed by atoms with Gasteiger partial charge in [-0.1, -0.05) is 36.8 Å². The maximum atomic E-state index is 12.3. The van der Waals surface area contributed by atoms with Crippen molar-refractivity contribution in [3.8, 4) is 0 Å². The van der Waals surface area contributed by atoms with Crippen LogP contribution in [0.25, 0.3) is 0 Å². The van der Waals surface area contributed by atoms with E-state index in [0.717, 1.165) is 19.3 Å². The molecule has 2 aliphatic carbocycles. The number of hydrogen-bond acceptors (Lipinski definition) is 1. The van der Waals surface area contributed by atoms with Crippen LogP contribution in [0.1, 0.15) is 37.2 Å². The molecule has 3 rings (SSSR count). The Morgan fingerprint density at radius 1 is 1.00 bits per heavy atom. The summed E-state index contributed by atoms with van der Waals surface area (Å²) in [5.74, 6) is 2.13. The van der Waals surface area contributed by atoms with Crippen LogP contribution in [0.5, 0.6) is 0 Å². The van der Waals surface area contributed by atoms with E-state index < -0.39 is 0 Å². The van der Waals surface area contributed by atoms with Crippen LogP contribution in [0.4, 0.5) is 0 Å². The maximum absolute atomic E-state index is 12.3. The summed E-state index contributed by atoms with van der Waals surface area (Å²) in [5.41, 5.74) is 1.27. The summed E-state index contributed by atoms with van der Waals surface area (Å²) in [6, 6.07) is 10.5. The van der Waals surface area contributed by atoms with E-state index in [1.54, 1.807) is 0 Å². The fraction of sp³-hybridized carbons (Fsp3) is 0.333. The molecule has 1 aromatic carbocycles. The van der Waals surface area contributed by atoms with Crippen molar-refractivity contribution >= 4 is 5.78 Å². The lowest BCUT2D eigenvalue weighted by Crippen LogP contribution is -2.29. The Morgan fingerprint density at radius 2 is 1.74 bits per heavy atom. The molecule has 2 saturated carbocycles. The van der Waals surface area contributed by atoms with Gasteiger partial charge in [0.25, 0.3) is 0 Å². The molecule has 0 aliphatic heterocycles. The van der Waals surface area contributed by atoms with E-state index in [1.807, 2.05) is 6.07 Å². The quantitative estimate of drug-likeness (QED) is 0.795. The third-order valence-corrected chi connectivity index (χ3v) is 4.21. The predicted molar refractivity (Wildman–Crippen MR) is 76.6 cm³/mol. The van der Waals surface area contributed by atoms with Gasteiger partial charge in [0.05, 0.1) is 0 Å². The summed E-state index contributed by atoms with van der Waals surface area (Å²) in [6.45, 7) is 0. The highest BCUT2D eigenvalue weighted by Gasteiger charge is 2.37. The third-order valence-electron chi connectivity index (χ3n) is 4.21. The first-order chi connectivity index (χ1) is 9.36. The third kappa shape index (κ3) is 2.75. The number of carbonyl (C=O) groups is 1. The number of carbonyl (C=O) groups excluding carboxylic acids is 1. The minimum absolute atomic E-state index is 0.165. The van der Waals surface area contributed by atoms with Crippen LogP contribution in [0, 0.1) is 37.5 Å². The number of Topliss-reactive ketones (excluding diaryl/α,β-unsaturated/α-hetero) is 1. The van der Waals surface area contributed by atoms with Gasteiger partial charge in [-0.3, -0.25) is 4.79 Å². The Bertz CT molecular complexity index is 417. The molecule has 0 amide bonds. The average molecular weight is 251 g/mol. The van der Waals surface area contributed by atoms with E-state index in [1.165, 1.54) is 17.9 Å². The van der Waals surface area contributed by atoms with Crippen LogP contribution in [0.3, 0.4) is 0 Å². The molecule has 0 saturated heterocycles. The molecule has 0 heterocycles. The fourth-order valence-electron chi connectivity index (χ4n) is 3.28. The topological polar surface area (TPSA) is 17.1 Å². The first kappa shape index (κ1) is 12.9.